The highest BCUT2D eigenvalue weighted by molar-refractivity contribution is 5.11. The van der Waals surface area contributed by atoms with E-state index >= 15 is 0 Å². The van der Waals surface area contributed by atoms with Crippen molar-refractivity contribution in [3.05, 3.63) is 47.6 Å². The first-order chi connectivity index (χ1) is 9.80. The fourth-order valence-corrected chi connectivity index (χ4v) is 2.69. The summed E-state index contributed by atoms with van der Waals surface area (Å²) in [7, 11) is 0. The predicted molar refractivity (Wildman–Crippen MR) is 93.3 cm³/mol. The summed E-state index contributed by atoms with van der Waals surface area (Å²) in [6.45, 7) is 12.5. The van der Waals surface area contributed by atoms with Crippen molar-refractivity contribution >= 4 is 0 Å². The minimum Gasteiger partial charge on any atom is -0.386 e. The van der Waals surface area contributed by atoms with Gasteiger partial charge in [-0.15, -0.1) is 0 Å². The molecule has 0 fully saturated rings. The Hall–Kier alpha value is -1.08. The fourth-order valence-electron chi connectivity index (χ4n) is 2.69. The van der Waals surface area contributed by atoms with E-state index < -0.39 is 5.60 Å². The monoisotopic (exact) mass is 288 g/mol. The Labute approximate surface area is 131 Å². The van der Waals surface area contributed by atoms with Crippen molar-refractivity contribution in [3.63, 3.8) is 0 Å². The second-order valence-corrected chi connectivity index (χ2v) is 6.92. The molecule has 1 rings (SSSR count). The Balaban J connectivity index is 2.87. The molecule has 2 atom stereocenters. The zero-order chi connectivity index (χ0) is 15.9. The molecule has 0 bridgehead atoms. The van der Waals surface area contributed by atoms with Crippen molar-refractivity contribution in [2.45, 2.75) is 71.8 Å². The predicted octanol–water partition coefficient (Wildman–Crippen LogP) is 5.73. The molecule has 21 heavy (non-hydrogen) atoms. The zero-order valence-electron chi connectivity index (χ0n) is 14.3. The molecule has 118 valence electrons. The second-order valence-electron chi connectivity index (χ2n) is 6.92. The molecule has 0 amide bonds. The summed E-state index contributed by atoms with van der Waals surface area (Å²) in [5.74, 6) is 0.472. The number of allylic oxidation sites excluding steroid dienone is 6. The van der Waals surface area contributed by atoms with Gasteiger partial charge in [-0.25, -0.2) is 0 Å². The summed E-state index contributed by atoms with van der Waals surface area (Å²) in [6.07, 6.45) is 14.8. The topological polar surface area (TPSA) is 20.2 Å². The maximum absolute atomic E-state index is 10.5. The average molecular weight is 288 g/mol. The van der Waals surface area contributed by atoms with Gasteiger partial charge in [-0.05, 0) is 72.1 Å². The molecule has 0 aromatic carbocycles. The summed E-state index contributed by atoms with van der Waals surface area (Å²) < 4.78 is 0. The first kappa shape index (κ1) is 18.0. The third kappa shape index (κ3) is 7.47. The maximum atomic E-state index is 10.5. The molecule has 1 heteroatoms. The van der Waals surface area contributed by atoms with Gasteiger partial charge in [0.25, 0.3) is 0 Å². The molecule has 0 radical (unpaired) electrons. The molecule has 1 N–H and O–H groups in total. The normalized spacial score (nSPS) is 35.8. The lowest BCUT2D eigenvalue weighted by Crippen LogP contribution is -2.22. The average Bonchev–Trinajstić information content (AvgIpc) is 2.37. The van der Waals surface area contributed by atoms with Gasteiger partial charge < -0.3 is 5.11 Å². The molecule has 0 aromatic rings. The highest BCUT2D eigenvalue weighted by atomic mass is 16.3. The first-order valence-electron chi connectivity index (χ1n) is 8.17. The lowest BCUT2D eigenvalue weighted by molar-refractivity contribution is 0.0950. The minimum absolute atomic E-state index is 0.472. The van der Waals surface area contributed by atoms with Gasteiger partial charge in [0.2, 0.25) is 0 Å². The van der Waals surface area contributed by atoms with Crippen LogP contribution in [0.3, 0.4) is 0 Å². The van der Waals surface area contributed by atoms with E-state index in [1.54, 1.807) is 0 Å². The Bertz CT molecular complexity index is 435. The summed E-state index contributed by atoms with van der Waals surface area (Å²) in [5, 5.41) is 10.5. The molecule has 0 saturated heterocycles. The molecule has 1 nitrogen and oxygen atoms in total. The van der Waals surface area contributed by atoms with Gasteiger partial charge in [0, 0.05) is 0 Å². The smallest absolute Gasteiger partial charge is 0.0800 e. The van der Waals surface area contributed by atoms with E-state index in [0.717, 1.165) is 38.5 Å². The van der Waals surface area contributed by atoms with Crippen molar-refractivity contribution < 1.29 is 5.11 Å². The quantitative estimate of drug-likeness (QED) is 0.611. The minimum atomic E-state index is -0.711. The molecule has 0 aliphatic heterocycles. The van der Waals surface area contributed by atoms with Gasteiger partial charge in [0.1, 0.15) is 0 Å². The summed E-state index contributed by atoms with van der Waals surface area (Å²) in [6, 6.07) is 0. The molecule has 0 saturated carbocycles. The first-order valence-corrected chi connectivity index (χ1v) is 8.17. The van der Waals surface area contributed by atoms with Crippen molar-refractivity contribution in [3.8, 4) is 0 Å². The van der Waals surface area contributed by atoms with E-state index in [0.29, 0.717) is 5.92 Å². The van der Waals surface area contributed by atoms with E-state index in [1.807, 2.05) is 13.0 Å². The van der Waals surface area contributed by atoms with Crippen LogP contribution in [0.1, 0.15) is 66.2 Å². The molecule has 1 aliphatic carbocycles. The lowest BCUT2D eigenvalue weighted by Gasteiger charge is -2.23. The van der Waals surface area contributed by atoms with Gasteiger partial charge in [-0.3, -0.25) is 0 Å². The van der Waals surface area contributed by atoms with E-state index in [4.69, 9.17) is 0 Å². The maximum Gasteiger partial charge on any atom is 0.0800 e. The van der Waals surface area contributed by atoms with Crippen LogP contribution in [0.5, 0.6) is 0 Å². The van der Waals surface area contributed by atoms with Gasteiger partial charge >= 0.3 is 0 Å². The van der Waals surface area contributed by atoms with E-state index in [1.165, 1.54) is 16.7 Å². The van der Waals surface area contributed by atoms with Crippen molar-refractivity contribution in [1.29, 1.82) is 0 Å². The number of aliphatic hydroxyl groups is 1. The van der Waals surface area contributed by atoms with Crippen LogP contribution in [0.4, 0.5) is 0 Å². The van der Waals surface area contributed by atoms with Crippen LogP contribution in [0.25, 0.3) is 0 Å². The number of rotatable bonds is 1. The van der Waals surface area contributed by atoms with E-state index in [9.17, 15) is 5.11 Å². The largest absolute Gasteiger partial charge is 0.386 e. The standard InChI is InChI=1S/C20H32O/c1-16(2)19-12-11-18(4)9-6-8-17(3)10-7-14-20(5,21)15-13-19/h7-8,11,14,19,21H,1,6,9-10,12-13,15H2,2-5H3/b14-7+,17-8+,18-11+/t19?,20-/m0/s1. The molecule has 0 aromatic heterocycles. The van der Waals surface area contributed by atoms with Crippen LogP contribution in [0, 0.1) is 5.92 Å². The van der Waals surface area contributed by atoms with E-state index in [2.05, 4.69) is 45.6 Å². The second kappa shape index (κ2) is 8.38. The Morgan fingerprint density at radius 2 is 2.00 bits per heavy atom. The molecular weight excluding hydrogens is 256 g/mol. The molecule has 0 heterocycles. The SMILES string of the molecule is C=C(C)C1C/C=C(\C)CC/C=C(\C)C/C=C/[C@](C)(O)CC1. The number of hydrogen-bond acceptors (Lipinski definition) is 1. The molecule has 1 unspecified atom stereocenters. The van der Waals surface area contributed by atoms with Crippen LogP contribution in [0.2, 0.25) is 0 Å². The van der Waals surface area contributed by atoms with Gasteiger partial charge in [-0.1, -0.05) is 47.6 Å². The highest BCUT2D eigenvalue weighted by Gasteiger charge is 2.19. The van der Waals surface area contributed by atoms with Crippen LogP contribution in [0.15, 0.2) is 47.6 Å². The van der Waals surface area contributed by atoms with Crippen molar-refractivity contribution in [2.24, 2.45) is 5.92 Å². The van der Waals surface area contributed by atoms with Gasteiger partial charge in [0.05, 0.1) is 5.60 Å². The third-order valence-electron chi connectivity index (χ3n) is 4.39. The van der Waals surface area contributed by atoms with Crippen LogP contribution in [-0.2, 0) is 0 Å². The van der Waals surface area contributed by atoms with E-state index in [-0.39, 0.29) is 0 Å². The summed E-state index contributed by atoms with van der Waals surface area (Å²) in [4.78, 5) is 0. The molecule has 0 spiro atoms. The van der Waals surface area contributed by atoms with Gasteiger partial charge in [-0.2, -0.15) is 0 Å². The summed E-state index contributed by atoms with van der Waals surface area (Å²) in [5.41, 5.74) is 3.36. The van der Waals surface area contributed by atoms with Crippen LogP contribution < -0.4 is 0 Å². The lowest BCUT2D eigenvalue weighted by atomic mass is 9.86. The Morgan fingerprint density at radius 3 is 2.67 bits per heavy atom. The third-order valence-corrected chi connectivity index (χ3v) is 4.39. The Kier molecular flexibility index (Phi) is 7.17. The summed E-state index contributed by atoms with van der Waals surface area (Å²) >= 11 is 0. The van der Waals surface area contributed by atoms with Crippen molar-refractivity contribution in [2.75, 3.05) is 0 Å². The Morgan fingerprint density at radius 1 is 1.29 bits per heavy atom. The molecular formula is C20H32O. The van der Waals surface area contributed by atoms with Crippen LogP contribution >= 0.6 is 0 Å². The highest BCUT2D eigenvalue weighted by Crippen LogP contribution is 2.26. The molecule has 1 aliphatic rings. The van der Waals surface area contributed by atoms with Gasteiger partial charge in [0.15, 0.2) is 0 Å². The van der Waals surface area contributed by atoms with Crippen molar-refractivity contribution in [1.82, 2.24) is 0 Å². The number of hydrogen-bond donors (Lipinski definition) is 1. The fraction of sp³-hybridized carbons (Fsp3) is 0.600. The zero-order valence-corrected chi connectivity index (χ0v) is 14.3. The van der Waals surface area contributed by atoms with Crippen LogP contribution in [-0.4, -0.2) is 10.7 Å².